The number of nitriles is 1. The molecule has 0 spiro atoms. The molecule has 4 rings (SSSR count). The molecule has 0 unspecified atom stereocenters. The number of halogens is 4. The molecule has 2 aromatic carbocycles. The van der Waals surface area contributed by atoms with E-state index in [2.05, 4.69) is 16.1 Å². The van der Waals surface area contributed by atoms with Gasteiger partial charge in [-0.25, -0.2) is 0 Å². The van der Waals surface area contributed by atoms with Crippen molar-refractivity contribution in [2.45, 2.75) is 25.7 Å². The summed E-state index contributed by atoms with van der Waals surface area (Å²) in [5.41, 5.74) is 1.68. The molecular weight excluding hydrogens is 469 g/mol. The maximum Gasteiger partial charge on any atom is 0.573 e. The quantitative estimate of drug-likeness (QED) is 0.538. The maximum absolute atomic E-state index is 12.9. The first-order valence-electron chi connectivity index (χ1n) is 10.7. The predicted octanol–water partition coefficient (Wildman–Crippen LogP) is 5.29. The van der Waals surface area contributed by atoms with Gasteiger partial charge in [-0.2, -0.15) is 5.26 Å². The van der Waals surface area contributed by atoms with Crippen molar-refractivity contribution in [3.05, 3.63) is 63.4 Å². The van der Waals surface area contributed by atoms with Crippen LogP contribution in [0, 0.1) is 17.2 Å². The molecule has 2 atom stereocenters. The molecule has 0 radical (unpaired) electrons. The van der Waals surface area contributed by atoms with Gasteiger partial charge in [0.15, 0.2) is 0 Å². The largest absolute Gasteiger partial charge is 0.573 e. The number of benzene rings is 2. The lowest BCUT2D eigenvalue weighted by molar-refractivity contribution is -0.274. The number of piperidine rings is 1. The zero-order valence-electron chi connectivity index (χ0n) is 18.5. The van der Waals surface area contributed by atoms with E-state index in [1.807, 2.05) is 11.8 Å². The first-order valence-corrected chi connectivity index (χ1v) is 11.0. The molecule has 0 amide bonds. The van der Waals surface area contributed by atoms with Crippen molar-refractivity contribution in [1.29, 1.82) is 5.26 Å². The number of nitrogens with zero attached hydrogens (tertiary/aromatic N) is 3. The summed E-state index contributed by atoms with van der Waals surface area (Å²) in [6.07, 6.45) is -4.03. The first-order chi connectivity index (χ1) is 16.1. The van der Waals surface area contributed by atoms with E-state index < -0.39 is 6.36 Å². The van der Waals surface area contributed by atoms with Crippen LogP contribution in [0.2, 0.25) is 5.02 Å². The third kappa shape index (κ3) is 4.77. The van der Waals surface area contributed by atoms with Gasteiger partial charge in [0, 0.05) is 42.3 Å². The van der Waals surface area contributed by atoms with Crippen LogP contribution in [-0.4, -0.2) is 30.1 Å². The van der Waals surface area contributed by atoms with Gasteiger partial charge in [-0.1, -0.05) is 18.5 Å². The molecule has 178 valence electrons. The second-order valence-electron chi connectivity index (χ2n) is 8.40. The molecule has 34 heavy (non-hydrogen) atoms. The number of rotatable bonds is 4. The zero-order chi connectivity index (χ0) is 24.6. The van der Waals surface area contributed by atoms with Crippen molar-refractivity contribution in [3.8, 4) is 11.8 Å². The number of ether oxygens (including phenoxy) is 1. The zero-order valence-corrected chi connectivity index (χ0v) is 19.2. The SMILES string of the molecule is C[C@@H]1CN(c2c(C#N)c(=O)n(C)c3ccc(Cl)cc23)CC[C@@H]1Nc1ccc(OC(F)(F)F)cc1. The van der Waals surface area contributed by atoms with E-state index in [4.69, 9.17) is 11.6 Å². The van der Waals surface area contributed by atoms with Crippen LogP contribution >= 0.6 is 11.6 Å². The number of nitrogens with one attached hydrogen (secondary N) is 1. The monoisotopic (exact) mass is 490 g/mol. The average Bonchev–Trinajstić information content (AvgIpc) is 2.77. The molecule has 1 fully saturated rings. The van der Waals surface area contributed by atoms with Crippen LogP contribution in [-0.2, 0) is 7.05 Å². The highest BCUT2D eigenvalue weighted by Gasteiger charge is 2.32. The van der Waals surface area contributed by atoms with Crippen LogP contribution in [0.4, 0.5) is 24.5 Å². The molecule has 6 nitrogen and oxygen atoms in total. The van der Waals surface area contributed by atoms with Crippen molar-refractivity contribution in [3.63, 3.8) is 0 Å². The summed E-state index contributed by atoms with van der Waals surface area (Å²) in [4.78, 5) is 14.9. The summed E-state index contributed by atoms with van der Waals surface area (Å²) in [6, 6.07) is 13.0. The van der Waals surface area contributed by atoms with Crippen LogP contribution < -0.4 is 20.5 Å². The molecule has 1 aliphatic rings. The van der Waals surface area contributed by atoms with Crippen molar-refractivity contribution in [2.24, 2.45) is 13.0 Å². The van der Waals surface area contributed by atoms with E-state index in [-0.39, 0.29) is 28.8 Å². The Bertz CT molecular complexity index is 1320. The fourth-order valence-electron chi connectivity index (χ4n) is 4.46. The molecule has 10 heteroatoms. The van der Waals surface area contributed by atoms with E-state index >= 15 is 0 Å². The van der Waals surface area contributed by atoms with Gasteiger partial charge in [-0.15, -0.1) is 13.2 Å². The minimum Gasteiger partial charge on any atom is -0.406 e. The number of alkyl halides is 3. The van der Waals surface area contributed by atoms with Crippen LogP contribution in [0.15, 0.2) is 47.3 Å². The van der Waals surface area contributed by atoms with Crippen LogP contribution in [0.5, 0.6) is 5.75 Å². The number of hydrogen-bond donors (Lipinski definition) is 1. The molecule has 0 aliphatic carbocycles. The number of aryl methyl sites for hydroxylation is 1. The molecule has 0 bridgehead atoms. The molecule has 2 heterocycles. The van der Waals surface area contributed by atoms with Gasteiger partial charge in [0.2, 0.25) is 0 Å². The topological polar surface area (TPSA) is 70.3 Å². The Labute approximate surface area is 199 Å². The Morgan fingerprint density at radius 2 is 1.91 bits per heavy atom. The lowest BCUT2D eigenvalue weighted by Crippen LogP contribution is -2.46. The van der Waals surface area contributed by atoms with Crippen LogP contribution in [0.25, 0.3) is 10.9 Å². The predicted molar refractivity (Wildman–Crippen MR) is 125 cm³/mol. The Morgan fingerprint density at radius 1 is 1.21 bits per heavy atom. The number of aromatic nitrogens is 1. The lowest BCUT2D eigenvalue weighted by Gasteiger charge is -2.39. The van der Waals surface area contributed by atoms with Gasteiger partial charge in [0.1, 0.15) is 17.4 Å². The van der Waals surface area contributed by atoms with E-state index in [1.165, 1.54) is 16.7 Å². The van der Waals surface area contributed by atoms with Crippen LogP contribution in [0.1, 0.15) is 18.9 Å². The normalized spacial score (nSPS) is 18.6. The molecule has 3 aromatic rings. The fourth-order valence-corrected chi connectivity index (χ4v) is 4.63. The molecular formula is C24H22ClF3N4O2. The standard InChI is InChI=1S/C24H22ClF3N4O2/c1-14-13-32(10-9-20(14)30-16-4-6-17(7-5-16)34-24(26,27)28)22-18-11-15(25)3-8-21(18)31(2)23(33)19(22)12-29/h3-8,11,14,20,30H,9-10,13H2,1-2H3/t14-,20+/m1/s1. The third-order valence-corrected chi connectivity index (χ3v) is 6.34. The minimum absolute atomic E-state index is 0.0533. The van der Waals surface area contributed by atoms with E-state index in [1.54, 1.807) is 37.4 Å². The highest BCUT2D eigenvalue weighted by atomic mass is 35.5. The van der Waals surface area contributed by atoms with Crippen molar-refractivity contribution in [2.75, 3.05) is 23.3 Å². The van der Waals surface area contributed by atoms with E-state index in [0.29, 0.717) is 41.4 Å². The molecule has 1 N–H and O–H groups in total. The number of hydrogen-bond acceptors (Lipinski definition) is 5. The van der Waals surface area contributed by atoms with Crippen molar-refractivity contribution >= 4 is 33.9 Å². The Balaban J connectivity index is 1.56. The summed E-state index contributed by atoms with van der Waals surface area (Å²) in [5.74, 6) is -0.161. The fraction of sp³-hybridized carbons (Fsp3) is 0.333. The third-order valence-electron chi connectivity index (χ3n) is 6.10. The summed E-state index contributed by atoms with van der Waals surface area (Å²) in [6.45, 7) is 3.21. The maximum atomic E-state index is 12.9. The van der Waals surface area contributed by atoms with Gasteiger partial charge in [0.05, 0.1) is 11.2 Å². The molecule has 1 aromatic heterocycles. The van der Waals surface area contributed by atoms with Gasteiger partial charge in [-0.05, 0) is 54.8 Å². The first kappa shape index (κ1) is 23.8. The number of anilines is 2. The van der Waals surface area contributed by atoms with Gasteiger partial charge in [-0.3, -0.25) is 4.79 Å². The summed E-state index contributed by atoms with van der Waals surface area (Å²) in [5, 5.41) is 14.4. The van der Waals surface area contributed by atoms with Gasteiger partial charge in [0.25, 0.3) is 5.56 Å². The smallest absolute Gasteiger partial charge is 0.406 e. The van der Waals surface area contributed by atoms with Crippen molar-refractivity contribution < 1.29 is 17.9 Å². The second kappa shape index (κ2) is 9.11. The number of pyridine rings is 1. The molecule has 1 aliphatic heterocycles. The highest BCUT2D eigenvalue weighted by Crippen LogP contribution is 2.34. The second-order valence-corrected chi connectivity index (χ2v) is 8.83. The van der Waals surface area contributed by atoms with Crippen LogP contribution in [0.3, 0.4) is 0 Å². The number of fused-ring (bicyclic) bond motifs is 1. The minimum atomic E-state index is -4.73. The Hall–Kier alpha value is -3.38. The summed E-state index contributed by atoms with van der Waals surface area (Å²) in [7, 11) is 1.63. The molecule has 0 saturated carbocycles. The van der Waals surface area contributed by atoms with Crippen molar-refractivity contribution in [1.82, 2.24) is 4.57 Å². The average molecular weight is 491 g/mol. The Kier molecular flexibility index (Phi) is 6.36. The lowest BCUT2D eigenvalue weighted by atomic mass is 9.92. The summed E-state index contributed by atoms with van der Waals surface area (Å²) >= 11 is 6.24. The highest BCUT2D eigenvalue weighted by molar-refractivity contribution is 6.31. The summed E-state index contributed by atoms with van der Waals surface area (Å²) < 4.78 is 42.5. The van der Waals surface area contributed by atoms with E-state index in [9.17, 15) is 23.2 Å². The van der Waals surface area contributed by atoms with Gasteiger partial charge < -0.3 is 19.5 Å². The van der Waals surface area contributed by atoms with Gasteiger partial charge >= 0.3 is 6.36 Å². The van der Waals surface area contributed by atoms with E-state index in [0.717, 1.165) is 5.39 Å². The molecule has 1 saturated heterocycles. The Morgan fingerprint density at radius 3 is 2.53 bits per heavy atom.